The molecule has 3 N–H and O–H groups in total. The van der Waals surface area contributed by atoms with E-state index >= 15 is 0 Å². The number of carboxylic acid groups (broad SMARTS) is 1. The van der Waals surface area contributed by atoms with Crippen molar-refractivity contribution in [1.29, 1.82) is 0 Å². The van der Waals surface area contributed by atoms with Gasteiger partial charge in [-0.25, -0.2) is 4.79 Å². The molecule has 7 heteroatoms. The van der Waals surface area contributed by atoms with E-state index in [9.17, 15) is 9.59 Å². The van der Waals surface area contributed by atoms with E-state index in [1.54, 1.807) is 0 Å². The van der Waals surface area contributed by atoms with Gasteiger partial charge in [-0.15, -0.1) is 24.2 Å². The number of carbonyl (C=O) groups is 2. The second-order valence-electron chi connectivity index (χ2n) is 3.32. The van der Waals surface area contributed by atoms with Gasteiger partial charge in [0.2, 0.25) is 5.91 Å². The molecule has 0 aliphatic carbocycles. The van der Waals surface area contributed by atoms with E-state index in [0.717, 1.165) is 0 Å². The van der Waals surface area contributed by atoms with E-state index in [2.05, 4.69) is 6.58 Å². The molecule has 1 saturated heterocycles. The predicted molar refractivity (Wildman–Crippen MR) is 63.2 cm³/mol. The highest BCUT2D eigenvalue weighted by Crippen LogP contribution is 2.39. The van der Waals surface area contributed by atoms with Crippen LogP contribution in [0, 0.1) is 0 Å². The van der Waals surface area contributed by atoms with Crippen molar-refractivity contribution in [3.05, 3.63) is 23.9 Å². The van der Waals surface area contributed by atoms with E-state index in [0.29, 0.717) is 11.3 Å². The molecule has 0 aromatic rings. The van der Waals surface area contributed by atoms with Crippen molar-refractivity contribution in [1.82, 2.24) is 4.90 Å². The Labute approximate surface area is 103 Å². The van der Waals surface area contributed by atoms with Gasteiger partial charge in [0.25, 0.3) is 0 Å². The Hall–Kier alpha value is -0.980. The third-order valence-electron chi connectivity index (χ3n) is 2.49. The third kappa shape index (κ3) is 1.63. The van der Waals surface area contributed by atoms with Crippen molar-refractivity contribution in [2.75, 3.05) is 5.75 Å². The van der Waals surface area contributed by atoms with Gasteiger partial charge in [-0.1, -0.05) is 12.7 Å². The molecule has 1 fully saturated rings. The summed E-state index contributed by atoms with van der Waals surface area (Å²) >= 11 is 1.47. The van der Waals surface area contributed by atoms with Crippen molar-refractivity contribution < 1.29 is 14.7 Å². The van der Waals surface area contributed by atoms with Crippen LogP contribution in [0.5, 0.6) is 0 Å². The molecule has 88 valence electrons. The average molecular weight is 263 g/mol. The van der Waals surface area contributed by atoms with E-state index in [-0.39, 0.29) is 29.4 Å². The highest BCUT2D eigenvalue weighted by atomic mass is 35.5. The quantitative estimate of drug-likeness (QED) is 0.694. The Morgan fingerprint density at radius 2 is 2.31 bits per heavy atom. The highest BCUT2D eigenvalue weighted by Gasteiger charge is 2.51. The summed E-state index contributed by atoms with van der Waals surface area (Å²) in [6.45, 7) is 3.54. The fourth-order valence-corrected chi connectivity index (χ4v) is 2.98. The Bertz CT molecular complexity index is 396. The number of hydrogen-bond donors (Lipinski definition) is 2. The van der Waals surface area contributed by atoms with Gasteiger partial charge in [0.15, 0.2) is 0 Å². The summed E-state index contributed by atoms with van der Waals surface area (Å²) in [6, 6.07) is -0.573. The fourth-order valence-electron chi connectivity index (χ4n) is 1.70. The van der Waals surface area contributed by atoms with Crippen molar-refractivity contribution >= 4 is 36.0 Å². The van der Waals surface area contributed by atoms with Crippen molar-refractivity contribution in [2.45, 2.75) is 11.4 Å². The highest BCUT2D eigenvalue weighted by molar-refractivity contribution is 8.00. The lowest BCUT2D eigenvalue weighted by molar-refractivity contribution is -0.147. The van der Waals surface area contributed by atoms with Crippen LogP contribution in [0.4, 0.5) is 0 Å². The lowest BCUT2D eigenvalue weighted by atomic mass is 10.0. The van der Waals surface area contributed by atoms with Gasteiger partial charge in [-0.05, 0) is 5.57 Å². The second kappa shape index (κ2) is 4.48. The molecular weight excluding hydrogens is 252 g/mol. The number of carboxylic acids is 1. The number of amides is 1. The smallest absolute Gasteiger partial charge is 0.352 e. The molecule has 0 bridgehead atoms. The summed E-state index contributed by atoms with van der Waals surface area (Å²) in [5.74, 6) is -0.896. The van der Waals surface area contributed by atoms with Crippen LogP contribution < -0.4 is 5.73 Å². The van der Waals surface area contributed by atoms with E-state index in [4.69, 9.17) is 10.8 Å². The fraction of sp³-hybridized carbons (Fsp3) is 0.333. The number of thioether (sulfide) groups is 1. The van der Waals surface area contributed by atoms with Crippen molar-refractivity contribution in [2.24, 2.45) is 5.73 Å². The first-order valence-electron chi connectivity index (χ1n) is 4.37. The molecule has 2 heterocycles. The Kier molecular flexibility index (Phi) is 3.67. The molecule has 0 aromatic carbocycles. The van der Waals surface area contributed by atoms with E-state index in [1.165, 1.54) is 22.7 Å². The number of aliphatic carboxylic acids is 1. The molecule has 1 amide bonds. The second-order valence-corrected chi connectivity index (χ2v) is 4.42. The minimum Gasteiger partial charge on any atom is -0.477 e. The predicted octanol–water partition coefficient (Wildman–Crippen LogP) is 0.175. The van der Waals surface area contributed by atoms with Gasteiger partial charge in [0.05, 0.1) is 0 Å². The largest absolute Gasteiger partial charge is 0.477 e. The van der Waals surface area contributed by atoms with Crippen LogP contribution in [0.3, 0.4) is 0 Å². The monoisotopic (exact) mass is 262 g/mol. The van der Waals surface area contributed by atoms with Crippen LogP contribution in [0.25, 0.3) is 0 Å². The zero-order valence-corrected chi connectivity index (χ0v) is 9.88. The number of β-lactam (4-membered cyclic amide) rings is 1. The first-order valence-corrected chi connectivity index (χ1v) is 5.42. The summed E-state index contributed by atoms with van der Waals surface area (Å²) in [5.41, 5.74) is 6.17. The number of hydrogen-bond acceptors (Lipinski definition) is 4. The molecule has 5 nitrogen and oxygen atoms in total. The summed E-state index contributed by atoms with van der Waals surface area (Å²) in [7, 11) is 0. The lowest BCUT2D eigenvalue weighted by Gasteiger charge is -2.47. The molecule has 2 aliphatic rings. The van der Waals surface area contributed by atoms with Gasteiger partial charge >= 0.3 is 5.97 Å². The Morgan fingerprint density at radius 1 is 1.69 bits per heavy atom. The van der Waals surface area contributed by atoms with Crippen LogP contribution in [-0.2, 0) is 9.59 Å². The number of rotatable bonds is 2. The topological polar surface area (TPSA) is 83.6 Å². The molecular formula is C9H11ClN2O3S. The Balaban J connectivity index is 0.00000128. The number of nitrogens with two attached hydrogens (primary N) is 1. The van der Waals surface area contributed by atoms with Gasteiger partial charge in [0, 0.05) is 5.75 Å². The average Bonchev–Trinajstić information content (AvgIpc) is 2.25. The number of nitrogens with zero attached hydrogens (tertiary/aromatic N) is 1. The Morgan fingerprint density at radius 3 is 2.81 bits per heavy atom. The summed E-state index contributed by atoms with van der Waals surface area (Å²) in [4.78, 5) is 23.7. The minimum atomic E-state index is -1.10. The van der Waals surface area contributed by atoms with Crippen LogP contribution in [0.2, 0.25) is 0 Å². The summed E-state index contributed by atoms with van der Waals surface area (Å²) in [5, 5.41) is 8.79. The zero-order chi connectivity index (χ0) is 11.2. The maximum atomic E-state index is 11.4. The number of halogens is 1. The molecule has 2 atom stereocenters. The molecule has 2 aliphatic heterocycles. The standard InChI is InChI=1S/C9H10N2O3S.ClH/c1-2-4-3-15-8-5(10)7(12)11(8)6(4)9(13)14;/h2,5,8H,1,3,10H2,(H,13,14);1H. The SMILES string of the molecule is C=CC1=C(C(=O)O)N2C(=O)C(N)C2SC1.Cl. The van der Waals surface area contributed by atoms with Gasteiger partial charge in [-0.3, -0.25) is 9.69 Å². The van der Waals surface area contributed by atoms with Gasteiger partial charge < -0.3 is 10.8 Å². The maximum absolute atomic E-state index is 11.4. The molecule has 0 saturated carbocycles. The zero-order valence-electron chi connectivity index (χ0n) is 8.25. The molecule has 0 spiro atoms. The van der Waals surface area contributed by atoms with Crippen LogP contribution >= 0.6 is 24.2 Å². The minimum absolute atomic E-state index is 0. The van der Waals surface area contributed by atoms with Crippen molar-refractivity contribution in [3.63, 3.8) is 0 Å². The maximum Gasteiger partial charge on any atom is 0.352 e. The first kappa shape index (κ1) is 13.1. The van der Waals surface area contributed by atoms with Crippen LogP contribution in [0.15, 0.2) is 23.9 Å². The van der Waals surface area contributed by atoms with E-state index < -0.39 is 12.0 Å². The molecule has 16 heavy (non-hydrogen) atoms. The van der Waals surface area contributed by atoms with Gasteiger partial charge in [0.1, 0.15) is 17.1 Å². The first-order chi connectivity index (χ1) is 7.07. The summed E-state index contributed by atoms with van der Waals surface area (Å²) in [6.07, 6.45) is 1.48. The molecule has 2 unspecified atom stereocenters. The van der Waals surface area contributed by atoms with Crippen LogP contribution in [0.1, 0.15) is 0 Å². The normalized spacial score (nSPS) is 27.8. The number of carbonyl (C=O) groups excluding carboxylic acids is 1. The molecule has 0 radical (unpaired) electrons. The van der Waals surface area contributed by atoms with Crippen molar-refractivity contribution in [3.8, 4) is 0 Å². The lowest BCUT2D eigenvalue weighted by Crippen LogP contribution is -2.68. The number of fused-ring (bicyclic) bond motifs is 1. The molecule has 2 rings (SSSR count). The molecule has 0 aromatic heterocycles. The van der Waals surface area contributed by atoms with Crippen LogP contribution in [-0.4, -0.2) is 39.1 Å². The summed E-state index contributed by atoms with van der Waals surface area (Å²) < 4.78 is 0. The number of allylic oxidation sites excluding steroid dienone is 1. The van der Waals surface area contributed by atoms with E-state index in [1.807, 2.05) is 0 Å². The van der Waals surface area contributed by atoms with Gasteiger partial charge in [-0.2, -0.15) is 0 Å². The third-order valence-corrected chi connectivity index (χ3v) is 3.81.